The fourth-order valence-corrected chi connectivity index (χ4v) is 2.83. The summed E-state index contributed by atoms with van der Waals surface area (Å²) < 4.78 is 20.2. The summed E-state index contributed by atoms with van der Waals surface area (Å²) in [5.41, 5.74) is 1.72. The Morgan fingerprint density at radius 2 is 1.96 bits per heavy atom. The zero-order chi connectivity index (χ0) is 19.0. The van der Waals surface area contributed by atoms with Crippen LogP contribution in [0.25, 0.3) is 16.6 Å². The SMILES string of the molecule is Cc1ncc(C(C)NC(=O)c2cncc3c2cnn3-c2ccc(F)cc2)o1. The molecule has 4 aromatic rings. The van der Waals surface area contributed by atoms with E-state index in [2.05, 4.69) is 20.4 Å². The average molecular weight is 365 g/mol. The minimum absolute atomic E-state index is 0.298. The van der Waals surface area contributed by atoms with E-state index < -0.39 is 0 Å². The van der Waals surface area contributed by atoms with E-state index in [1.165, 1.54) is 18.3 Å². The zero-order valence-electron chi connectivity index (χ0n) is 14.7. The second kappa shape index (κ2) is 6.64. The van der Waals surface area contributed by atoms with E-state index in [4.69, 9.17) is 4.42 Å². The molecule has 3 aromatic heterocycles. The molecular formula is C19H16FN5O2. The highest BCUT2D eigenvalue weighted by Gasteiger charge is 2.19. The van der Waals surface area contributed by atoms with Gasteiger partial charge in [0.05, 0.1) is 41.4 Å². The van der Waals surface area contributed by atoms with Gasteiger partial charge in [-0.05, 0) is 31.2 Å². The highest BCUT2D eigenvalue weighted by atomic mass is 19.1. The minimum Gasteiger partial charge on any atom is -0.444 e. The van der Waals surface area contributed by atoms with Crippen LogP contribution in [-0.4, -0.2) is 25.7 Å². The first-order chi connectivity index (χ1) is 13.0. The fraction of sp³-hybridized carbons (Fsp3) is 0.158. The lowest BCUT2D eigenvalue weighted by Crippen LogP contribution is -2.26. The maximum atomic E-state index is 13.2. The van der Waals surface area contributed by atoms with Gasteiger partial charge in [0.25, 0.3) is 5.91 Å². The van der Waals surface area contributed by atoms with Crippen molar-refractivity contribution in [1.82, 2.24) is 25.1 Å². The monoisotopic (exact) mass is 365 g/mol. The molecule has 27 heavy (non-hydrogen) atoms. The Bertz CT molecular complexity index is 1120. The Morgan fingerprint density at radius 1 is 1.19 bits per heavy atom. The number of hydrogen-bond donors (Lipinski definition) is 1. The second-order valence-electron chi connectivity index (χ2n) is 6.13. The van der Waals surface area contributed by atoms with Crippen molar-refractivity contribution in [2.45, 2.75) is 19.9 Å². The number of halogens is 1. The molecule has 1 aromatic carbocycles. The maximum Gasteiger partial charge on any atom is 0.254 e. The van der Waals surface area contributed by atoms with E-state index in [1.54, 1.807) is 42.3 Å². The number of carbonyl (C=O) groups excluding carboxylic acids is 1. The Balaban J connectivity index is 1.66. The number of fused-ring (bicyclic) bond motifs is 1. The second-order valence-corrected chi connectivity index (χ2v) is 6.13. The van der Waals surface area contributed by atoms with Gasteiger partial charge in [0, 0.05) is 18.5 Å². The smallest absolute Gasteiger partial charge is 0.254 e. The molecule has 1 N–H and O–H groups in total. The summed E-state index contributed by atoms with van der Waals surface area (Å²) in [5, 5.41) is 7.85. The van der Waals surface area contributed by atoms with Gasteiger partial charge in [-0.25, -0.2) is 14.1 Å². The van der Waals surface area contributed by atoms with Crippen molar-refractivity contribution in [3.8, 4) is 5.69 Å². The molecule has 0 aliphatic rings. The number of aryl methyl sites for hydroxylation is 1. The molecule has 1 atom stereocenters. The van der Waals surface area contributed by atoms with Crippen molar-refractivity contribution in [3.05, 3.63) is 72.1 Å². The zero-order valence-corrected chi connectivity index (χ0v) is 14.7. The summed E-state index contributed by atoms with van der Waals surface area (Å²) in [6, 6.07) is 5.59. The molecule has 7 nitrogen and oxygen atoms in total. The van der Waals surface area contributed by atoms with Crippen LogP contribution in [0.1, 0.15) is 35.0 Å². The number of hydrogen-bond acceptors (Lipinski definition) is 5. The van der Waals surface area contributed by atoms with Crippen LogP contribution in [0.15, 0.2) is 53.5 Å². The molecule has 136 valence electrons. The molecule has 0 saturated heterocycles. The van der Waals surface area contributed by atoms with Gasteiger partial charge < -0.3 is 9.73 Å². The molecule has 0 fully saturated rings. The molecule has 0 aliphatic carbocycles. The Hall–Kier alpha value is -3.55. The van der Waals surface area contributed by atoms with Crippen LogP contribution in [0, 0.1) is 12.7 Å². The van der Waals surface area contributed by atoms with Crippen LogP contribution < -0.4 is 5.32 Å². The predicted molar refractivity (Wildman–Crippen MR) is 95.9 cm³/mol. The van der Waals surface area contributed by atoms with Crippen LogP contribution in [0.5, 0.6) is 0 Å². The fourth-order valence-electron chi connectivity index (χ4n) is 2.83. The van der Waals surface area contributed by atoms with E-state index in [0.717, 1.165) is 0 Å². The van der Waals surface area contributed by atoms with Crippen molar-refractivity contribution in [3.63, 3.8) is 0 Å². The number of benzene rings is 1. The molecule has 0 radical (unpaired) electrons. The first-order valence-corrected chi connectivity index (χ1v) is 8.34. The summed E-state index contributed by atoms with van der Waals surface area (Å²) in [7, 11) is 0. The van der Waals surface area contributed by atoms with Crippen molar-refractivity contribution in [1.29, 1.82) is 0 Å². The highest BCUT2D eigenvalue weighted by molar-refractivity contribution is 6.06. The first kappa shape index (κ1) is 16.9. The molecule has 0 saturated carbocycles. The molecular weight excluding hydrogens is 349 g/mol. The Kier molecular flexibility index (Phi) is 4.15. The third-order valence-electron chi connectivity index (χ3n) is 4.23. The van der Waals surface area contributed by atoms with Crippen LogP contribution >= 0.6 is 0 Å². The maximum absolute atomic E-state index is 13.2. The molecule has 0 aliphatic heterocycles. The first-order valence-electron chi connectivity index (χ1n) is 8.34. The standard InChI is InChI=1S/C19H16FN5O2/c1-11(18-10-22-12(2)27-18)24-19(26)16-7-21-9-17-15(16)8-23-25(17)14-5-3-13(20)4-6-14/h3-11H,1-2H3,(H,24,26). The molecule has 0 spiro atoms. The van der Waals surface area contributed by atoms with Gasteiger partial charge in [0.15, 0.2) is 5.89 Å². The number of pyridine rings is 1. The van der Waals surface area contributed by atoms with Gasteiger partial charge in [0.2, 0.25) is 0 Å². The quantitative estimate of drug-likeness (QED) is 0.599. The third kappa shape index (κ3) is 3.17. The normalized spacial score (nSPS) is 12.3. The summed E-state index contributed by atoms with van der Waals surface area (Å²) in [5.74, 6) is 0.483. The lowest BCUT2D eigenvalue weighted by molar-refractivity contribution is 0.0936. The molecule has 1 unspecified atom stereocenters. The van der Waals surface area contributed by atoms with Crippen molar-refractivity contribution in [2.24, 2.45) is 0 Å². The van der Waals surface area contributed by atoms with E-state index in [0.29, 0.717) is 33.8 Å². The van der Waals surface area contributed by atoms with Crippen LogP contribution in [0.3, 0.4) is 0 Å². The van der Waals surface area contributed by atoms with Crippen molar-refractivity contribution >= 4 is 16.8 Å². The average Bonchev–Trinajstić information content (AvgIpc) is 3.28. The number of nitrogens with one attached hydrogen (secondary N) is 1. The van der Waals surface area contributed by atoms with Gasteiger partial charge in [-0.1, -0.05) is 0 Å². The van der Waals surface area contributed by atoms with Gasteiger partial charge in [-0.2, -0.15) is 5.10 Å². The molecule has 3 heterocycles. The minimum atomic E-state index is -0.346. The lowest BCUT2D eigenvalue weighted by Gasteiger charge is -2.11. The lowest BCUT2D eigenvalue weighted by atomic mass is 10.1. The van der Waals surface area contributed by atoms with Crippen LogP contribution in [0.4, 0.5) is 4.39 Å². The molecule has 1 amide bonds. The number of rotatable bonds is 4. The number of amides is 1. The summed E-state index contributed by atoms with van der Waals surface area (Å²) in [6.07, 6.45) is 6.29. The number of nitrogens with zero attached hydrogens (tertiary/aromatic N) is 4. The van der Waals surface area contributed by atoms with Crippen LogP contribution in [-0.2, 0) is 0 Å². The van der Waals surface area contributed by atoms with E-state index in [-0.39, 0.29) is 17.8 Å². The third-order valence-corrected chi connectivity index (χ3v) is 4.23. The van der Waals surface area contributed by atoms with Crippen molar-refractivity contribution < 1.29 is 13.6 Å². The van der Waals surface area contributed by atoms with Gasteiger partial charge >= 0.3 is 0 Å². The van der Waals surface area contributed by atoms with Gasteiger partial charge in [-0.15, -0.1) is 0 Å². The number of aromatic nitrogens is 4. The van der Waals surface area contributed by atoms with E-state index in [1.807, 2.05) is 6.92 Å². The van der Waals surface area contributed by atoms with E-state index in [9.17, 15) is 9.18 Å². The number of carbonyl (C=O) groups is 1. The Morgan fingerprint density at radius 3 is 2.67 bits per heavy atom. The summed E-state index contributed by atoms with van der Waals surface area (Å²) in [6.45, 7) is 3.56. The number of oxazole rings is 1. The van der Waals surface area contributed by atoms with E-state index >= 15 is 0 Å². The molecule has 4 rings (SSSR count). The Labute approximate surface area is 153 Å². The topological polar surface area (TPSA) is 85.8 Å². The molecule has 0 bridgehead atoms. The predicted octanol–water partition coefficient (Wildman–Crippen LogP) is 3.35. The van der Waals surface area contributed by atoms with Crippen molar-refractivity contribution in [2.75, 3.05) is 0 Å². The largest absolute Gasteiger partial charge is 0.444 e. The summed E-state index contributed by atoms with van der Waals surface area (Å²) in [4.78, 5) is 20.9. The summed E-state index contributed by atoms with van der Waals surface area (Å²) >= 11 is 0. The highest BCUT2D eigenvalue weighted by Crippen LogP contribution is 2.22. The van der Waals surface area contributed by atoms with Crippen LogP contribution in [0.2, 0.25) is 0 Å². The van der Waals surface area contributed by atoms with Gasteiger partial charge in [0.1, 0.15) is 11.6 Å². The van der Waals surface area contributed by atoms with Gasteiger partial charge in [-0.3, -0.25) is 9.78 Å². The molecule has 8 heteroatoms.